The minimum Gasteiger partial charge on any atom is -0.497 e. The minimum atomic E-state index is 0.429. The molecule has 0 saturated heterocycles. The molecule has 0 atom stereocenters. The molecule has 0 amide bonds. The highest BCUT2D eigenvalue weighted by atomic mass is 35.5. The van der Waals surface area contributed by atoms with Gasteiger partial charge in [0.15, 0.2) is 0 Å². The molecule has 0 bridgehead atoms. The average Bonchev–Trinajstić information content (AvgIpc) is 3.05. The summed E-state index contributed by atoms with van der Waals surface area (Å²) in [5, 5.41) is 12.1. The zero-order chi connectivity index (χ0) is 16.2. The van der Waals surface area contributed by atoms with E-state index in [9.17, 15) is 0 Å². The van der Waals surface area contributed by atoms with Crippen molar-refractivity contribution in [1.29, 1.82) is 0 Å². The lowest BCUT2D eigenvalue weighted by Gasteiger charge is -2.08. The van der Waals surface area contributed by atoms with Gasteiger partial charge in [-0.2, -0.15) is 0 Å². The van der Waals surface area contributed by atoms with Crippen molar-refractivity contribution in [2.75, 3.05) is 12.4 Å². The molecule has 0 saturated carbocycles. The van der Waals surface area contributed by atoms with Gasteiger partial charge < -0.3 is 14.5 Å². The Morgan fingerprint density at radius 2 is 2.00 bits per heavy atom. The Hall–Kier alpha value is -2.53. The van der Waals surface area contributed by atoms with Crippen molar-refractivity contribution in [2.24, 2.45) is 0 Å². The summed E-state index contributed by atoms with van der Waals surface area (Å²) in [5.74, 6) is 1.71. The zero-order valence-electron chi connectivity index (χ0n) is 12.8. The first kappa shape index (κ1) is 15.4. The van der Waals surface area contributed by atoms with Gasteiger partial charge in [-0.05, 0) is 42.8 Å². The lowest BCUT2D eigenvalue weighted by molar-refractivity contribution is 0.414. The maximum Gasteiger partial charge on any atom is 0.247 e. The summed E-state index contributed by atoms with van der Waals surface area (Å²) in [6, 6.07) is 13.2. The van der Waals surface area contributed by atoms with Gasteiger partial charge in [-0.25, -0.2) is 0 Å². The van der Waals surface area contributed by atoms with Crippen LogP contribution < -0.4 is 10.1 Å². The molecule has 0 fully saturated rings. The summed E-state index contributed by atoms with van der Waals surface area (Å²) < 4.78 is 10.9. The van der Waals surface area contributed by atoms with Crippen LogP contribution in [0.15, 0.2) is 46.9 Å². The molecule has 0 aliphatic rings. The Balaban J connectivity index is 1.73. The van der Waals surface area contributed by atoms with Crippen LogP contribution in [0, 0.1) is 6.92 Å². The highest BCUT2D eigenvalue weighted by molar-refractivity contribution is 6.31. The van der Waals surface area contributed by atoms with Crippen molar-refractivity contribution >= 4 is 17.3 Å². The predicted octanol–water partition coefficient (Wildman–Crippen LogP) is 4.32. The van der Waals surface area contributed by atoms with Crippen molar-refractivity contribution in [2.45, 2.75) is 13.5 Å². The topological polar surface area (TPSA) is 60.2 Å². The monoisotopic (exact) mass is 329 g/mol. The molecule has 1 aromatic heterocycles. The van der Waals surface area contributed by atoms with Crippen molar-refractivity contribution < 1.29 is 9.15 Å². The number of hydrogen-bond acceptors (Lipinski definition) is 5. The van der Waals surface area contributed by atoms with E-state index in [-0.39, 0.29) is 0 Å². The van der Waals surface area contributed by atoms with Gasteiger partial charge in [0.05, 0.1) is 13.7 Å². The van der Waals surface area contributed by atoms with Crippen LogP contribution in [0.4, 0.5) is 5.69 Å². The quantitative estimate of drug-likeness (QED) is 0.755. The molecule has 0 aliphatic heterocycles. The summed E-state index contributed by atoms with van der Waals surface area (Å²) in [6.45, 7) is 2.39. The van der Waals surface area contributed by atoms with E-state index in [1.165, 1.54) is 0 Å². The Morgan fingerprint density at radius 1 is 1.17 bits per heavy atom. The molecule has 6 heteroatoms. The van der Waals surface area contributed by atoms with Gasteiger partial charge in [0.25, 0.3) is 0 Å². The normalized spacial score (nSPS) is 10.6. The maximum atomic E-state index is 6.11. The van der Waals surface area contributed by atoms with E-state index >= 15 is 0 Å². The summed E-state index contributed by atoms with van der Waals surface area (Å²) in [6.07, 6.45) is 0. The van der Waals surface area contributed by atoms with E-state index in [2.05, 4.69) is 15.5 Å². The molecule has 23 heavy (non-hydrogen) atoms. The van der Waals surface area contributed by atoms with Gasteiger partial charge in [0, 0.05) is 16.3 Å². The second-order valence-electron chi connectivity index (χ2n) is 5.00. The van der Waals surface area contributed by atoms with Crippen LogP contribution in [-0.2, 0) is 6.54 Å². The summed E-state index contributed by atoms with van der Waals surface area (Å²) >= 11 is 6.11. The number of benzene rings is 2. The fraction of sp³-hybridized carbons (Fsp3) is 0.176. The van der Waals surface area contributed by atoms with Crippen molar-refractivity contribution in [3.63, 3.8) is 0 Å². The Labute approximate surface area is 139 Å². The highest BCUT2D eigenvalue weighted by Crippen LogP contribution is 2.25. The molecular formula is C17H16ClN3O2. The predicted molar refractivity (Wildman–Crippen MR) is 89.8 cm³/mol. The second kappa shape index (κ2) is 6.71. The smallest absolute Gasteiger partial charge is 0.247 e. The highest BCUT2D eigenvalue weighted by Gasteiger charge is 2.10. The third kappa shape index (κ3) is 3.46. The molecule has 0 unspecified atom stereocenters. The van der Waals surface area contributed by atoms with Gasteiger partial charge in [0.1, 0.15) is 5.75 Å². The Morgan fingerprint density at radius 3 is 2.83 bits per heavy atom. The average molecular weight is 330 g/mol. The van der Waals surface area contributed by atoms with Crippen LogP contribution in [0.5, 0.6) is 5.75 Å². The van der Waals surface area contributed by atoms with Gasteiger partial charge in [-0.3, -0.25) is 0 Å². The van der Waals surface area contributed by atoms with Gasteiger partial charge >= 0.3 is 0 Å². The van der Waals surface area contributed by atoms with Gasteiger partial charge in [0.2, 0.25) is 11.8 Å². The van der Waals surface area contributed by atoms with E-state index < -0.39 is 0 Å². The van der Waals surface area contributed by atoms with Crippen molar-refractivity contribution in [1.82, 2.24) is 10.2 Å². The summed E-state index contributed by atoms with van der Waals surface area (Å²) in [7, 11) is 1.62. The first-order valence-electron chi connectivity index (χ1n) is 7.13. The lowest BCUT2D eigenvalue weighted by atomic mass is 10.2. The molecule has 118 valence electrons. The van der Waals surface area contributed by atoms with E-state index in [0.29, 0.717) is 18.3 Å². The van der Waals surface area contributed by atoms with Crippen LogP contribution in [0.2, 0.25) is 5.02 Å². The number of methoxy groups -OCH3 is 1. The number of nitrogens with zero attached hydrogens (tertiary/aromatic N) is 2. The van der Waals surface area contributed by atoms with E-state index in [4.69, 9.17) is 20.8 Å². The first-order valence-corrected chi connectivity index (χ1v) is 7.51. The van der Waals surface area contributed by atoms with Crippen LogP contribution in [0.25, 0.3) is 11.5 Å². The maximum absolute atomic E-state index is 6.11. The molecule has 1 heterocycles. The summed E-state index contributed by atoms with van der Waals surface area (Å²) in [4.78, 5) is 0. The molecule has 1 N–H and O–H groups in total. The van der Waals surface area contributed by atoms with Crippen molar-refractivity contribution in [3.8, 4) is 17.2 Å². The van der Waals surface area contributed by atoms with Crippen LogP contribution in [0.3, 0.4) is 0 Å². The van der Waals surface area contributed by atoms with Crippen LogP contribution >= 0.6 is 11.6 Å². The summed E-state index contributed by atoms with van der Waals surface area (Å²) in [5.41, 5.74) is 2.75. The van der Waals surface area contributed by atoms with Crippen LogP contribution in [-0.4, -0.2) is 17.3 Å². The SMILES string of the molecule is COc1cccc(-c2nnc(CNc3cccc(Cl)c3C)o2)c1. The number of halogens is 1. The first-order chi connectivity index (χ1) is 11.2. The molecule has 0 spiro atoms. The fourth-order valence-corrected chi connectivity index (χ4v) is 2.34. The standard InChI is InChI=1S/C17H16ClN3O2/c1-11-14(18)7-4-8-15(11)19-10-16-20-21-17(23-16)12-5-3-6-13(9-12)22-2/h3-9,19H,10H2,1-2H3. The largest absolute Gasteiger partial charge is 0.497 e. The third-order valence-electron chi connectivity index (χ3n) is 3.48. The fourth-order valence-electron chi connectivity index (χ4n) is 2.17. The second-order valence-corrected chi connectivity index (χ2v) is 5.41. The number of rotatable bonds is 5. The van der Waals surface area contributed by atoms with Crippen LogP contribution in [0.1, 0.15) is 11.5 Å². The molecule has 5 nitrogen and oxygen atoms in total. The lowest BCUT2D eigenvalue weighted by Crippen LogP contribution is -2.01. The number of aromatic nitrogens is 2. The molecule has 2 aromatic carbocycles. The van der Waals surface area contributed by atoms with E-state index in [1.54, 1.807) is 7.11 Å². The zero-order valence-corrected chi connectivity index (χ0v) is 13.6. The molecule has 3 rings (SSSR count). The van der Waals surface area contributed by atoms with Crippen molar-refractivity contribution in [3.05, 3.63) is 58.9 Å². The van der Waals surface area contributed by atoms with Gasteiger partial charge in [-0.15, -0.1) is 10.2 Å². The number of anilines is 1. The minimum absolute atomic E-state index is 0.429. The molecule has 0 aliphatic carbocycles. The molecule has 0 radical (unpaired) electrons. The van der Waals surface area contributed by atoms with Gasteiger partial charge in [-0.1, -0.05) is 23.7 Å². The number of ether oxygens (including phenoxy) is 1. The Bertz CT molecular complexity index is 817. The molecule has 3 aromatic rings. The number of hydrogen-bond donors (Lipinski definition) is 1. The number of nitrogens with one attached hydrogen (secondary N) is 1. The van der Waals surface area contributed by atoms with E-state index in [0.717, 1.165) is 27.6 Å². The van der Waals surface area contributed by atoms with E-state index in [1.807, 2.05) is 49.4 Å². The Kier molecular flexibility index (Phi) is 4.48. The molecular weight excluding hydrogens is 314 g/mol. The third-order valence-corrected chi connectivity index (χ3v) is 3.89.